The monoisotopic (exact) mass is 285 g/mol. The maximum Gasteiger partial charge on any atom is 0.289 e. The van der Waals surface area contributed by atoms with Gasteiger partial charge in [0.25, 0.3) is 6.02 Å². The van der Waals surface area contributed by atoms with Crippen LogP contribution >= 0.6 is 0 Å². The van der Waals surface area contributed by atoms with E-state index in [1.54, 1.807) is 18.5 Å². The Morgan fingerprint density at radius 2 is 2.24 bits per heavy atom. The normalized spacial score (nSPS) is 16.2. The number of nitrogens with zero attached hydrogens (tertiary/aromatic N) is 4. The minimum atomic E-state index is -0.281. The molecule has 110 valence electrons. The van der Waals surface area contributed by atoms with Gasteiger partial charge in [0.05, 0.1) is 24.1 Å². The lowest BCUT2D eigenvalue weighted by atomic mass is 10.1. The minimum absolute atomic E-state index is 0.281. The highest BCUT2D eigenvalue weighted by Crippen LogP contribution is 2.24. The molecule has 1 aromatic rings. The number of rotatable bonds is 3. The van der Waals surface area contributed by atoms with Gasteiger partial charge in [0.15, 0.2) is 0 Å². The van der Waals surface area contributed by atoms with Crippen LogP contribution in [-0.4, -0.2) is 43.5 Å². The molecule has 0 aliphatic carbocycles. The second-order valence-corrected chi connectivity index (χ2v) is 5.66. The summed E-state index contributed by atoms with van der Waals surface area (Å²) >= 11 is 0. The van der Waals surface area contributed by atoms with Crippen molar-refractivity contribution in [1.82, 2.24) is 4.90 Å². The van der Waals surface area contributed by atoms with E-state index in [2.05, 4.69) is 21.4 Å². The average Bonchev–Trinajstić information content (AvgIpc) is 2.76. The number of amidine groups is 1. The van der Waals surface area contributed by atoms with Gasteiger partial charge in [-0.05, 0) is 32.0 Å². The molecule has 6 nitrogen and oxygen atoms in total. The first kappa shape index (κ1) is 14.9. The van der Waals surface area contributed by atoms with Gasteiger partial charge in [0.2, 0.25) is 0 Å². The molecular formula is C15H19N5O. The number of benzene rings is 1. The summed E-state index contributed by atoms with van der Waals surface area (Å²) in [5.74, 6) is 0. The van der Waals surface area contributed by atoms with Crippen molar-refractivity contribution in [2.45, 2.75) is 19.4 Å². The summed E-state index contributed by atoms with van der Waals surface area (Å²) < 4.78 is 5.66. The van der Waals surface area contributed by atoms with Gasteiger partial charge in [-0.2, -0.15) is 5.26 Å². The number of hydrogen-bond donors (Lipinski definition) is 1. The van der Waals surface area contributed by atoms with Gasteiger partial charge in [-0.1, -0.05) is 0 Å². The fourth-order valence-corrected chi connectivity index (χ4v) is 1.77. The van der Waals surface area contributed by atoms with E-state index in [0.29, 0.717) is 23.8 Å². The number of nitrogens with one attached hydrogen (secondary N) is 1. The molecule has 1 aliphatic heterocycles. The molecule has 0 radical (unpaired) electrons. The number of ether oxygens (including phenoxy) is 1. The maximum atomic E-state index is 9.23. The molecule has 6 heteroatoms. The Bertz CT molecular complexity index is 625. The lowest BCUT2D eigenvalue weighted by Crippen LogP contribution is -2.26. The Kier molecular flexibility index (Phi) is 4.13. The van der Waals surface area contributed by atoms with Gasteiger partial charge in [-0.3, -0.25) is 0 Å². The van der Waals surface area contributed by atoms with Crippen molar-refractivity contribution in [3.63, 3.8) is 0 Å². The van der Waals surface area contributed by atoms with Crippen molar-refractivity contribution < 1.29 is 4.74 Å². The molecule has 0 spiro atoms. The number of hydrogen-bond acceptors (Lipinski definition) is 5. The van der Waals surface area contributed by atoms with Crippen molar-refractivity contribution in [2.75, 3.05) is 26.0 Å². The molecule has 2 rings (SSSR count). The van der Waals surface area contributed by atoms with Crippen LogP contribution in [0, 0.1) is 11.3 Å². The fraction of sp³-hybridized carbons (Fsp3) is 0.400. The Hall–Kier alpha value is -2.55. The lowest BCUT2D eigenvalue weighted by molar-refractivity contribution is 0.130. The largest absolute Gasteiger partial charge is 0.457 e. The molecular weight excluding hydrogens is 266 g/mol. The van der Waals surface area contributed by atoms with Crippen molar-refractivity contribution in [3.8, 4) is 6.07 Å². The molecule has 1 aliphatic rings. The van der Waals surface area contributed by atoms with E-state index in [-0.39, 0.29) is 5.60 Å². The fourth-order valence-electron chi connectivity index (χ4n) is 1.77. The van der Waals surface area contributed by atoms with Crippen molar-refractivity contribution >= 4 is 23.7 Å². The van der Waals surface area contributed by atoms with Crippen molar-refractivity contribution in [3.05, 3.63) is 23.8 Å². The highest BCUT2D eigenvalue weighted by Gasteiger charge is 2.27. The van der Waals surface area contributed by atoms with E-state index in [0.717, 1.165) is 5.69 Å². The SMILES string of the molecule is CN(C)C=Nc1ccc(NC2=NCC(C)(C)O2)cc1C#N. The highest BCUT2D eigenvalue weighted by atomic mass is 16.5. The van der Waals surface area contributed by atoms with Crippen LogP contribution in [0.3, 0.4) is 0 Å². The zero-order valence-corrected chi connectivity index (χ0v) is 12.7. The third kappa shape index (κ3) is 3.96. The predicted octanol–water partition coefficient (Wildman–Crippen LogP) is 2.36. The highest BCUT2D eigenvalue weighted by molar-refractivity contribution is 5.91. The molecule has 1 aromatic carbocycles. The van der Waals surface area contributed by atoms with Gasteiger partial charge < -0.3 is 15.0 Å². The maximum absolute atomic E-state index is 9.23. The standard InChI is InChI=1S/C15H19N5O/c1-15(2)9-17-14(21-15)19-12-5-6-13(11(7-12)8-16)18-10-20(3)4/h5-7,10H,9H2,1-4H3,(H,17,19). The first-order valence-corrected chi connectivity index (χ1v) is 6.65. The molecule has 0 saturated heterocycles. The Labute approximate surface area is 124 Å². The van der Waals surface area contributed by atoms with Crippen LogP contribution in [0.4, 0.5) is 11.4 Å². The molecule has 0 saturated carbocycles. The molecule has 0 aromatic heterocycles. The van der Waals surface area contributed by atoms with E-state index >= 15 is 0 Å². The van der Waals surface area contributed by atoms with Crippen LogP contribution in [0.5, 0.6) is 0 Å². The summed E-state index contributed by atoms with van der Waals surface area (Å²) in [5.41, 5.74) is 1.60. The smallest absolute Gasteiger partial charge is 0.289 e. The third-order valence-electron chi connectivity index (χ3n) is 2.77. The first-order chi connectivity index (χ1) is 9.89. The van der Waals surface area contributed by atoms with Crippen LogP contribution in [0.25, 0.3) is 0 Å². The average molecular weight is 285 g/mol. The molecule has 0 unspecified atom stereocenters. The van der Waals surface area contributed by atoms with Crippen LogP contribution in [0.15, 0.2) is 28.2 Å². The minimum Gasteiger partial charge on any atom is -0.457 e. The van der Waals surface area contributed by atoms with Gasteiger partial charge in [0.1, 0.15) is 11.7 Å². The summed E-state index contributed by atoms with van der Waals surface area (Å²) in [4.78, 5) is 10.4. The van der Waals surface area contributed by atoms with E-state index in [1.165, 1.54) is 0 Å². The van der Waals surface area contributed by atoms with Crippen molar-refractivity contribution in [2.24, 2.45) is 9.98 Å². The Morgan fingerprint density at radius 3 is 2.81 bits per heavy atom. The molecule has 0 atom stereocenters. The molecule has 1 N–H and O–H groups in total. The Balaban J connectivity index is 2.15. The second kappa shape index (κ2) is 5.83. The van der Waals surface area contributed by atoms with Gasteiger partial charge >= 0.3 is 0 Å². The molecule has 0 bridgehead atoms. The second-order valence-electron chi connectivity index (χ2n) is 5.66. The summed E-state index contributed by atoms with van der Waals surface area (Å²) in [6, 6.07) is 8.00. The topological polar surface area (TPSA) is 73.0 Å². The molecule has 1 heterocycles. The third-order valence-corrected chi connectivity index (χ3v) is 2.77. The molecule has 21 heavy (non-hydrogen) atoms. The lowest BCUT2D eigenvalue weighted by Gasteiger charge is -2.17. The first-order valence-electron chi connectivity index (χ1n) is 6.65. The number of aliphatic imine (C=N–C) groups is 2. The van der Waals surface area contributed by atoms with Crippen molar-refractivity contribution in [1.29, 1.82) is 5.26 Å². The van der Waals surface area contributed by atoms with Crippen LogP contribution < -0.4 is 5.32 Å². The summed E-state index contributed by atoms with van der Waals surface area (Å²) in [6.07, 6.45) is 1.66. The van der Waals surface area contributed by atoms with Gasteiger partial charge in [-0.15, -0.1) is 0 Å². The molecule has 0 fully saturated rings. The van der Waals surface area contributed by atoms with E-state index in [1.807, 2.05) is 38.9 Å². The number of nitriles is 1. The van der Waals surface area contributed by atoms with Crippen LogP contribution in [0.1, 0.15) is 19.4 Å². The van der Waals surface area contributed by atoms with E-state index < -0.39 is 0 Å². The Morgan fingerprint density at radius 1 is 1.48 bits per heavy atom. The van der Waals surface area contributed by atoms with E-state index in [9.17, 15) is 5.26 Å². The molecule has 0 amide bonds. The summed E-state index contributed by atoms with van der Waals surface area (Å²) in [5, 5.41) is 12.3. The van der Waals surface area contributed by atoms with Gasteiger partial charge in [0, 0.05) is 19.8 Å². The van der Waals surface area contributed by atoms with Crippen LogP contribution in [-0.2, 0) is 4.74 Å². The predicted molar refractivity (Wildman–Crippen MR) is 84.1 cm³/mol. The van der Waals surface area contributed by atoms with E-state index in [4.69, 9.17) is 4.74 Å². The quantitative estimate of drug-likeness (QED) is 0.683. The summed E-state index contributed by atoms with van der Waals surface area (Å²) in [6.45, 7) is 4.57. The van der Waals surface area contributed by atoms with Gasteiger partial charge in [-0.25, -0.2) is 9.98 Å². The zero-order chi connectivity index (χ0) is 15.5. The summed E-state index contributed by atoms with van der Waals surface area (Å²) in [7, 11) is 3.76. The zero-order valence-electron chi connectivity index (χ0n) is 12.7. The number of anilines is 1. The van der Waals surface area contributed by atoms with Crippen LogP contribution in [0.2, 0.25) is 0 Å².